The van der Waals surface area contributed by atoms with Gasteiger partial charge < -0.3 is 5.32 Å². The highest BCUT2D eigenvalue weighted by atomic mass is 35.5. The van der Waals surface area contributed by atoms with Crippen LogP contribution in [0.4, 0.5) is 0 Å². The highest BCUT2D eigenvalue weighted by molar-refractivity contribution is 7.08. The second-order valence-corrected chi connectivity index (χ2v) is 8.13. The van der Waals surface area contributed by atoms with Crippen molar-refractivity contribution in [3.05, 3.63) is 81.5 Å². The third kappa shape index (κ3) is 4.59. The number of rotatable bonds is 5. The summed E-state index contributed by atoms with van der Waals surface area (Å²) in [6.07, 6.45) is 0.972. The third-order valence-electron chi connectivity index (χ3n) is 4.91. The van der Waals surface area contributed by atoms with Crippen LogP contribution >= 0.6 is 22.9 Å². The molecule has 1 saturated heterocycles. The van der Waals surface area contributed by atoms with E-state index in [1.165, 1.54) is 16.7 Å². The molecule has 1 unspecified atom stereocenters. The van der Waals surface area contributed by atoms with Gasteiger partial charge in [-0.3, -0.25) is 9.69 Å². The monoisotopic (exact) mass is 396 g/mol. The lowest BCUT2D eigenvalue weighted by Crippen LogP contribution is -2.36. The Morgan fingerprint density at radius 3 is 2.74 bits per heavy atom. The molecule has 1 aromatic heterocycles. The van der Waals surface area contributed by atoms with Crippen LogP contribution in [0.3, 0.4) is 0 Å². The second kappa shape index (κ2) is 8.26. The Morgan fingerprint density at radius 2 is 2.00 bits per heavy atom. The molecular weight excluding hydrogens is 376 g/mol. The van der Waals surface area contributed by atoms with Crippen LogP contribution in [0.15, 0.2) is 65.4 Å². The standard InChI is InChI=1S/C22H21ClN2OS/c23-20-3-1-2-18(12-20)22(26)24-21-8-10-25(14-21)13-16-4-6-17(7-5-16)19-9-11-27-15-19/h1-7,9,11-12,15,21H,8,10,13-14H2,(H,24,26). The second-order valence-electron chi connectivity index (χ2n) is 6.91. The zero-order valence-electron chi connectivity index (χ0n) is 14.9. The molecule has 1 N–H and O–H groups in total. The molecule has 0 aliphatic carbocycles. The van der Waals surface area contributed by atoms with Crippen molar-refractivity contribution >= 4 is 28.8 Å². The summed E-state index contributed by atoms with van der Waals surface area (Å²) >= 11 is 7.69. The Hall–Kier alpha value is -2.14. The molecule has 5 heteroatoms. The largest absolute Gasteiger partial charge is 0.348 e. The van der Waals surface area contributed by atoms with E-state index in [1.54, 1.807) is 35.6 Å². The average molecular weight is 397 g/mol. The predicted octanol–water partition coefficient (Wildman–Crippen LogP) is 5.07. The van der Waals surface area contributed by atoms with Crippen LogP contribution in [-0.4, -0.2) is 29.9 Å². The van der Waals surface area contributed by atoms with E-state index >= 15 is 0 Å². The molecule has 1 aliphatic heterocycles. The van der Waals surface area contributed by atoms with Gasteiger partial charge in [-0.2, -0.15) is 11.3 Å². The summed E-state index contributed by atoms with van der Waals surface area (Å²) in [5, 5.41) is 7.98. The van der Waals surface area contributed by atoms with Crippen LogP contribution in [-0.2, 0) is 6.54 Å². The third-order valence-corrected chi connectivity index (χ3v) is 5.83. The van der Waals surface area contributed by atoms with Crippen molar-refractivity contribution in [2.45, 2.75) is 19.0 Å². The summed E-state index contributed by atoms with van der Waals surface area (Å²) < 4.78 is 0. The van der Waals surface area contributed by atoms with Crippen molar-refractivity contribution in [2.24, 2.45) is 0 Å². The fourth-order valence-electron chi connectivity index (χ4n) is 3.48. The van der Waals surface area contributed by atoms with Gasteiger partial charge in [0, 0.05) is 36.3 Å². The van der Waals surface area contributed by atoms with Crippen LogP contribution < -0.4 is 5.32 Å². The molecule has 4 rings (SSSR count). The molecule has 1 fully saturated rings. The Labute approximate surface area is 168 Å². The Morgan fingerprint density at radius 1 is 1.15 bits per heavy atom. The molecular formula is C22H21ClN2OS. The van der Waals surface area contributed by atoms with E-state index in [2.05, 4.69) is 51.3 Å². The fourth-order valence-corrected chi connectivity index (χ4v) is 4.34. The summed E-state index contributed by atoms with van der Waals surface area (Å²) in [6, 6.07) is 18.2. The number of halogens is 1. The van der Waals surface area contributed by atoms with Crippen molar-refractivity contribution in [2.75, 3.05) is 13.1 Å². The topological polar surface area (TPSA) is 32.3 Å². The van der Waals surface area contributed by atoms with Crippen molar-refractivity contribution in [1.29, 1.82) is 0 Å². The van der Waals surface area contributed by atoms with Gasteiger partial charge in [-0.25, -0.2) is 0 Å². The van der Waals surface area contributed by atoms with Gasteiger partial charge in [0.2, 0.25) is 0 Å². The van der Waals surface area contributed by atoms with Gasteiger partial charge in [0.15, 0.2) is 0 Å². The molecule has 1 amide bonds. The smallest absolute Gasteiger partial charge is 0.251 e. The number of thiophene rings is 1. The first-order chi connectivity index (χ1) is 13.2. The van der Waals surface area contributed by atoms with Gasteiger partial charge in [-0.1, -0.05) is 41.9 Å². The lowest BCUT2D eigenvalue weighted by atomic mass is 10.1. The molecule has 2 aromatic carbocycles. The summed E-state index contributed by atoms with van der Waals surface area (Å²) in [5.41, 5.74) is 4.45. The minimum atomic E-state index is -0.0514. The lowest BCUT2D eigenvalue weighted by molar-refractivity contribution is 0.0937. The highest BCUT2D eigenvalue weighted by Crippen LogP contribution is 2.23. The van der Waals surface area contributed by atoms with Gasteiger partial charge in [0.25, 0.3) is 5.91 Å². The number of nitrogens with zero attached hydrogens (tertiary/aromatic N) is 1. The number of carbonyl (C=O) groups is 1. The quantitative estimate of drug-likeness (QED) is 0.652. The SMILES string of the molecule is O=C(NC1CCN(Cc2ccc(-c3ccsc3)cc2)C1)c1cccc(Cl)c1. The van der Waals surface area contributed by atoms with Gasteiger partial charge in [-0.15, -0.1) is 0 Å². The molecule has 27 heavy (non-hydrogen) atoms. The van der Waals surface area contributed by atoms with E-state index in [0.29, 0.717) is 10.6 Å². The fraction of sp³-hybridized carbons (Fsp3) is 0.227. The van der Waals surface area contributed by atoms with E-state index < -0.39 is 0 Å². The number of nitrogens with one attached hydrogen (secondary N) is 1. The van der Waals surface area contributed by atoms with E-state index in [4.69, 9.17) is 11.6 Å². The number of amides is 1. The first-order valence-corrected chi connectivity index (χ1v) is 10.4. The van der Waals surface area contributed by atoms with Crippen LogP contribution in [0.25, 0.3) is 11.1 Å². The van der Waals surface area contributed by atoms with Crippen LogP contribution in [0.2, 0.25) is 5.02 Å². The maximum absolute atomic E-state index is 12.4. The summed E-state index contributed by atoms with van der Waals surface area (Å²) in [6.45, 7) is 2.78. The first kappa shape index (κ1) is 18.2. The molecule has 0 saturated carbocycles. The number of benzene rings is 2. The van der Waals surface area contributed by atoms with E-state index in [0.717, 1.165) is 26.1 Å². The maximum Gasteiger partial charge on any atom is 0.251 e. The van der Waals surface area contributed by atoms with E-state index in [-0.39, 0.29) is 11.9 Å². The Balaban J connectivity index is 1.31. The van der Waals surface area contributed by atoms with Crippen molar-refractivity contribution < 1.29 is 4.79 Å². The normalized spacial score (nSPS) is 17.1. The maximum atomic E-state index is 12.4. The average Bonchev–Trinajstić information content (AvgIpc) is 3.35. The van der Waals surface area contributed by atoms with Crippen molar-refractivity contribution in [3.8, 4) is 11.1 Å². The van der Waals surface area contributed by atoms with Crippen molar-refractivity contribution in [3.63, 3.8) is 0 Å². The van der Waals surface area contributed by atoms with E-state index in [9.17, 15) is 4.79 Å². The predicted molar refractivity (Wildman–Crippen MR) is 112 cm³/mol. The van der Waals surface area contributed by atoms with Crippen LogP contribution in [0, 0.1) is 0 Å². The Bertz CT molecular complexity index is 908. The molecule has 1 atom stereocenters. The van der Waals surface area contributed by atoms with Crippen molar-refractivity contribution in [1.82, 2.24) is 10.2 Å². The molecule has 1 aliphatic rings. The summed E-state index contributed by atoms with van der Waals surface area (Å²) in [4.78, 5) is 14.8. The first-order valence-electron chi connectivity index (χ1n) is 9.08. The van der Waals surface area contributed by atoms with Crippen LogP contribution in [0.1, 0.15) is 22.3 Å². The Kier molecular flexibility index (Phi) is 5.58. The van der Waals surface area contributed by atoms with Gasteiger partial charge in [-0.05, 0) is 58.1 Å². The van der Waals surface area contributed by atoms with Gasteiger partial charge in [0.1, 0.15) is 0 Å². The summed E-state index contributed by atoms with van der Waals surface area (Å²) in [5.74, 6) is -0.0514. The molecule has 3 aromatic rings. The summed E-state index contributed by atoms with van der Waals surface area (Å²) in [7, 11) is 0. The van der Waals surface area contributed by atoms with Crippen LogP contribution in [0.5, 0.6) is 0 Å². The van der Waals surface area contributed by atoms with Gasteiger partial charge >= 0.3 is 0 Å². The van der Waals surface area contributed by atoms with Gasteiger partial charge in [0.05, 0.1) is 0 Å². The minimum absolute atomic E-state index is 0.0514. The zero-order valence-corrected chi connectivity index (χ0v) is 16.5. The number of hydrogen-bond acceptors (Lipinski definition) is 3. The number of likely N-dealkylation sites (tertiary alicyclic amines) is 1. The zero-order chi connectivity index (χ0) is 18.6. The highest BCUT2D eigenvalue weighted by Gasteiger charge is 2.24. The molecule has 0 radical (unpaired) electrons. The minimum Gasteiger partial charge on any atom is -0.348 e. The molecule has 138 valence electrons. The molecule has 0 spiro atoms. The molecule has 3 nitrogen and oxygen atoms in total. The molecule has 0 bridgehead atoms. The molecule has 2 heterocycles. The number of carbonyl (C=O) groups excluding carboxylic acids is 1. The van der Waals surface area contributed by atoms with E-state index in [1.807, 2.05) is 0 Å². The number of hydrogen-bond donors (Lipinski definition) is 1. The lowest BCUT2D eigenvalue weighted by Gasteiger charge is -2.17.